The Morgan fingerprint density at radius 1 is 1.38 bits per heavy atom. The summed E-state index contributed by atoms with van der Waals surface area (Å²) in [5.74, 6) is -0.210. The van der Waals surface area contributed by atoms with Crippen LogP contribution in [0.3, 0.4) is 0 Å². The Morgan fingerprint density at radius 3 is 2.86 bits per heavy atom. The van der Waals surface area contributed by atoms with E-state index >= 15 is 0 Å². The van der Waals surface area contributed by atoms with Gasteiger partial charge >= 0.3 is 5.97 Å². The first kappa shape index (κ1) is 14.5. The van der Waals surface area contributed by atoms with E-state index in [0.29, 0.717) is 17.9 Å². The quantitative estimate of drug-likeness (QED) is 0.777. The van der Waals surface area contributed by atoms with Gasteiger partial charge in [0, 0.05) is 21.1 Å². The summed E-state index contributed by atoms with van der Waals surface area (Å²) in [5.41, 5.74) is 0.0555. The van der Waals surface area contributed by atoms with Crippen LogP contribution in [-0.2, 0) is 4.79 Å². The Morgan fingerprint density at radius 2 is 2.19 bits per heavy atom. The minimum Gasteiger partial charge on any atom is -0.479 e. The smallest absolute Gasteiger partial charge is 0.330 e. The molecule has 3 rings (SSSR count). The van der Waals surface area contributed by atoms with Crippen molar-refractivity contribution in [2.75, 3.05) is 11.5 Å². The van der Waals surface area contributed by atoms with Crippen LogP contribution in [0.25, 0.3) is 10.9 Å². The number of carbonyl (C=O) groups excluding carboxylic acids is 1. The summed E-state index contributed by atoms with van der Waals surface area (Å²) in [5, 5.41) is 13.0. The molecule has 110 valence electrons. The van der Waals surface area contributed by atoms with Crippen LogP contribution in [0.2, 0.25) is 0 Å². The lowest BCUT2D eigenvalue weighted by molar-refractivity contribution is -0.143. The van der Waals surface area contributed by atoms with E-state index in [2.05, 4.69) is 26.2 Å². The molecule has 1 aromatic carbocycles. The van der Waals surface area contributed by atoms with E-state index in [4.69, 9.17) is 0 Å². The molecule has 0 aliphatic carbocycles. The van der Waals surface area contributed by atoms with Gasteiger partial charge in [0.15, 0.2) is 0 Å². The maximum atomic E-state index is 12.3. The molecule has 1 amide bonds. The Kier molecular flexibility index (Phi) is 3.71. The van der Waals surface area contributed by atoms with Crippen molar-refractivity contribution >= 4 is 50.5 Å². The standard InChI is InChI=1S/C14H13BrN2O3S/c15-9-2-1-8-5-11(16-10(8)6-9)12(18)17-14(13(19)20)3-4-21-7-14/h1-2,5-6,16H,3-4,7H2,(H,17,18)(H,19,20). The van der Waals surface area contributed by atoms with E-state index in [-0.39, 0.29) is 5.91 Å². The number of amides is 1. The van der Waals surface area contributed by atoms with Gasteiger partial charge < -0.3 is 15.4 Å². The van der Waals surface area contributed by atoms with Crippen molar-refractivity contribution in [2.24, 2.45) is 0 Å². The monoisotopic (exact) mass is 368 g/mol. The van der Waals surface area contributed by atoms with Gasteiger partial charge in [-0.2, -0.15) is 11.8 Å². The number of nitrogens with one attached hydrogen (secondary N) is 2. The molecule has 1 fully saturated rings. The van der Waals surface area contributed by atoms with Crippen molar-refractivity contribution in [1.29, 1.82) is 0 Å². The highest BCUT2D eigenvalue weighted by Gasteiger charge is 2.43. The number of aliphatic carboxylic acids is 1. The largest absolute Gasteiger partial charge is 0.479 e. The molecule has 1 atom stereocenters. The third kappa shape index (κ3) is 2.67. The fraction of sp³-hybridized carbons (Fsp3) is 0.286. The number of halogens is 1. The second kappa shape index (κ2) is 5.38. The first-order valence-corrected chi connectivity index (χ1v) is 8.37. The van der Waals surface area contributed by atoms with Crippen LogP contribution >= 0.6 is 27.7 Å². The topological polar surface area (TPSA) is 82.2 Å². The van der Waals surface area contributed by atoms with Crippen LogP contribution in [0.1, 0.15) is 16.9 Å². The molecule has 1 saturated heterocycles. The zero-order chi connectivity index (χ0) is 15.0. The summed E-state index contributed by atoms with van der Waals surface area (Å²) in [6, 6.07) is 7.40. The number of carboxylic acids is 1. The third-order valence-corrected chi connectivity index (χ3v) is 5.30. The first-order chi connectivity index (χ1) is 10.00. The predicted molar refractivity (Wildman–Crippen MR) is 85.8 cm³/mol. The molecule has 0 spiro atoms. The molecule has 21 heavy (non-hydrogen) atoms. The van der Waals surface area contributed by atoms with Gasteiger partial charge in [0.25, 0.3) is 5.91 Å². The van der Waals surface area contributed by atoms with E-state index in [1.54, 1.807) is 17.8 Å². The summed E-state index contributed by atoms with van der Waals surface area (Å²) >= 11 is 4.92. The summed E-state index contributed by atoms with van der Waals surface area (Å²) in [7, 11) is 0. The molecule has 1 aromatic heterocycles. The second-order valence-electron chi connectivity index (χ2n) is 5.06. The number of fused-ring (bicyclic) bond motifs is 1. The predicted octanol–water partition coefficient (Wildman–Crippen LogP) is 2.62. The van der Waals surface area contributed by atoms with E-state index < -0.39 is 11.5 Å². The Hall–Kier alpha value is -1.47. The van der Waals surface area contributed by atoms with Gasteiger partial charge in [0.2, 0.25) is 0 Å². The molecule has 5 nitrogen and oxygen atoms in total. The zero-order valence-corrected chi connectivity index (χ0v) is 13.4. The molecule has 0 radical (unpaired) electrons. The molecule has 7 heteroatoms. The molecule has 1 aliphatic heterocycles. The second-order valence-corrected chi connectivity index (χ2v) is 7.08. The number of carboxylic acid groups (broad SMARTS) is 1. The molecule has 1 unspecified atom stereocenters. The van der Waals surface area contributed by atoms with Crippen LogP contribution in [0, 0.1) is 0 Å². The number of hydrogen-bond donors (Lipinski definition) is 3. The Bertz CT molecular complexity index is 722. The van der Waals surface area contributed by atoms with Gasteiger partial charge in [-0.15, -0.1) is 0 Å². The summed E-state index contributed by atoms with van der Waals surface area (Å²) in [6.07, 6.45) is 0.449. The van der Waals surface area contributed by atoms with Crippen molar-refractivity contribution in [1.82, 2.24) is 10.3 Å². The molecular formula is C14H13BrN2O3S. The molecule has 0 saturated carbocycles. The fourth-order valence-corrected chi connectivity index (χ4v) is 4.08. The number of carbonyl (C=O) groups is 2. The number of thioether (sulfide) groups is 1. The van der Waals surface area contributed by atoms with Crippen molar-refractivity contribution in [3.63, 3.8) is 0 Å². The maximum Gasteiger partial charge on any atom is 0.330 e. The minimum absolute atomic E-state index is 0.376. The number of rotatable bonds is 3. The highest BCUT2D eigenvalue weighted by molar-refractivity contribution is 9.10. The SMILES string of the molecule is O=C(NC1(C(=O)O)CCSC1)c1cc2ccc(Br)cc2[nH]1. The van der Waals surface area contributed by atoms with Crippen LogP contribution in [0.15, 0.2) is 28.7 Å². The van der Waals surface area contributed by atoms with Crippen LogP contribution in [-0.4, -0.2) is 39.0 Å². The number of aromatic nitrogens is 1. The van der Waals surface area contributed by atoms with Crippen molar-refractivity contribution in [2.45, 2.75) is 12.0 Å². The van der Waals surface area contributed by atoms with Gasteiger partial charge in [-0.25, -0.2) is 4.79 Å². The average Bonchev–Trinajstić information content (AvgIpc) is 3.05. The number of hydrogen-bond acceptors (Lipinski definition) is 3. The molecule has 0 bridgehead atoms. The number of aromatic amines is 1. The lowest BCUT2D eigenvalue weighted by Gasteiger charge is -2.24. The maximum absolute atomic E-state index is 12.3. The number of benzene rings is 1. The molecule has 3 N–H and O–H groups in total. The van der Waals surface area contributed by atoms with Crippen LogP contribution in [0.5, 0.6) is 0 Å². The van der Waals surface area contributed by atoms with E-state index in [1.165, 1.54) is 0 Å². The molecule has 2 aromatic rings. The summed E-state index contributed by atoms with van der Waals surface area (Å²) < 4.78 is 0.915. The van der Waals surface area contributed by atoms with Gasteiger partial charge in [0.05, 0.1) is 0 Å². The van der Waals surface area contributed by atoms with Crippen molar-refractivity contribution in [3.05, 3.63) is 34.4 Å². The van der Waals surface area contributed by atoms with E-state index in [9.17, 15) is 14.7 Å². The molecule has 2 heterocycles. The minimum atomic E-state index is -1.15. The third-order valence-electron chi connectivity index (χ3n) is 3.61. The highest BCUT2D eigenvalue weighted by atomic mass is 79.9. The summed E-state index contributed by atoms with van der Waals surface area (Å²) in [4.78, 5) is 26.8. The van der Waals surface area contributed by atoms with E-state index in [1.807, 2.05) is 18.2 Å². The lowest BCUT2D eigenvalue weighted by Crippen LogP contribution is -2.54. The zero-order valence-electron chi connectivity index (χ0n) is 11.0. The van der Waals surface area contributed by atoms with Crippen LogP contribution in [0.4, 0.5) is 0 Å². The highest BCUT2D eigenvalue weighted by Crippen LogP contribution is 2.29. The average molecular weight is 369 g/mol. The first-order valence-electron chi connectivity index (χ1n) is 6.42. The van der Waals surface area contributed by atoms with Crippen LogP contribution < -0.4 is 5.32 Å². The lowest BCUT2D eigenvalue weighted by atomic mass is 9.99. The fourth-order valence-electron chi connectivity index (χ4n) is 2.39. The van der Waals surface area contributed by atoms with Gasteiger partial charge in [-0.3, -0.25) is 4.79 Å². The Balaban J connectivity index is 1.88. The van der Waals surface area contributed by atoms with Gasteiger partial charge in [-0.05, 0) is 30.4 Å². The Labute approximate surface area is 133 Å². The molecule has 1 aliphatic rings. The summed E-state index contributed by atoms with van der Waals surface area (Å²) in [6.45, 7) is 0. The van der Waals surface area contributed by atoms with Crippen molar-refractivity contribution in [3.8, 4) is 0 Å². The number of H-pyrrole nitrogens is 1. The van der Waals surface area contributed by atoms with Gasteiger partial charge in [-0.1, -0.05) is 22.0 Å². The van der Waals surface area contributed by atoms with Gasteiger partial charge in [0.1, 0.15) is 11.2 Å². The van der Waals surface area contributed by atoms with E-state index in [0.717, 1.165) is 21.1 Å². The van der Waals surface area contributed by atoms with Crippen molar-refractivity contribution < 1.29 is 14.7 Å². The molecular weight excluding hydrogens is 356 g/mol. The normalized spacial score (nSPS) is 21.6.